The van der Waals surface area contributed by atoms with E-state index in [0.29, 0.717) is 12.1 Å². The van der Waals surface area contributed by atoms with Crippen molar-refractivity contribution in [3.8, 4) is 11.3 Å². The number of hydrogen-bond acceptors (Lipinski definition) is 4. The summed E-state index contributed by atoms with van der Waals surface area (Å²) in [6, 6.07) is 12.7. The Hall–Kier alpha value is -2.27. The Bertz CT molecular complexity index is 787. The van der Waals surface area contributed by atoms with Gasteiger partial charge in [0.1, 0.15) is 0 Å². The van der Waals surface area contributed by atoms with Crippen molar-refractivity contribution in [3.63, 3.8) is 0 Å². The van der Waals surface area contributed by atoms with Crippen LogP contribution in [-0.4, -0.2) is 57.6 Å². The molecular weight excluding hydrogens is 336 g/mol. The summed E-state index contributed by atoms with van der Waals surface area (Å²) in [7, 11) is 0. The molecule has 2 saturated heterocycles. The Morgan fingerprint density at radius 2 is 1.81 bits per heavy atom. The van der Waals surface area contributed by atoms with Crippen molar-refractivity contribution in [3.05, 3.63) is 47.7 Å². The summed E-state index contributed by atoms with van der Waals surface area (Å²) in [5.41, 5.74) is 3.49. The van der Waals surface area contributed by atoms with Gasteiger partial charge in [0.25, 0.3) is 5.91 Å². The van der Waals surface area contributed by atoms with E-state index in [-0.39, 0.29) is 5.91 Å². The molecule has 2 aromatic rings. The van der Waals surface area contributed by atoms with E-state index in [2.05, 4.69) is 26.9 Å². The Kier molecular flexibility index (Phi) is 5.21. The third-order valence-electron chi connectivity index (χ3n) is 6.00. The highest BCUT2D eigenvalue weighted by Crippen LogP contribution is 2.25. The van der Waals surface area contributed by atoms with Gasteiger partial charge in [-0.15, -0.1) is 0 Å². The van der Waals surface area contributed by atoms with Gasteiger partial charge < -0.3 is 4.90 Å². The molecule has 2 aliphatic rings. The molecule has 1 aromatic carbocycles. The van der Waals surface area contributed by atoms with Crippen LogP contribution in [0.5, 0.6) is 0 Å². The largest absolute Gasteiger partial charge is 0.334 e. The number of benzene rings is 1. The third kappa shape index (κ3) is 3.88. The summed E-state index contributed by atoms with van der Waals surface area (Å²) >= 11 is 0. The predicted octanol–water partition coefficient (Wildman–Crippen LogP) is 3.54. The number of aromatic nitrogens is 2. The fraction of sp³-hybridized carbons (Fsp3) is 0.500. The second kappa shape index (κ2) is 7.77. The number of carbonyl (C=O) groups is 1. The summed E-state index contributed by atoms with van der Waals surface area (Å²) in [5, 5.41) is 8.34. The number of likely N-dealkylation sites (tertiary alicyclic amines) is 2. The van der Waals surface area contributed by atoms with Gasteiger partial charge in [-0.2, -0.15) is 10.2 Å². The zero-order chi connectivity index (χ0) is 18.8. The zero-order valence-corrected chi connectivity index (χ0v) is 16.3. The molecule has 0 N–H and O–H groups in total. The van der Waals surface area contributed by atoms with Crippen LogP contribution in [0.4, 0.5) is 0 Å². The average molecular weight is 364 g/mol. The van der Waals surface area contributed by atoms with Crippen molar-refractivity contribution < 1.29 is 4.79 Å². The highest BCUT2D eigenvalue weighted by molar-refractivity contribution is 5.95. The molecule has 0 spiro atoms. The Labute approximate surface area is 161 Å². The van der Waals surface area contributed by atoms with E-state index in [4.69, 9.17) is 0 Å². The minimum atomic E-state index is 0.158. The van der Waals surface area contributed by atoms with Crippen molar-refractivity contribution in [1.82, 2.24) is 20.0 Å². The van der Waals surface area contributed by atoms with Crippen LogP contribution >= 0.6 is 0 Å². The van der Waals surface area contributed by atoms with Gasteiger partial charge in [-0.25, -0.2) is 0 Å². The first-order valence-electron chi connectivity index (χ1n) is 10.1. The van der Waals surface area contributed by atoms with E-state index < -0.39 is 0 Å². The monoisotopic (exact) mass is 364 g/mol. The molecule has 1 amide bonds. The van der Waals surface area contributed by atoms with Gasteiger partial charge in [0.05, 0.1) is 11.4 Å². The lowest BCUT2D eigenvalue weighted by Gasteiger charge is -2.30. The maximum absolute atomic E-state index is 13.1. The van der Waals surface area contributed by atoms with Crippen LogP contribution in [0.2, 0.25) is 0 Å². The van der Waals surface area contributed by atoms with Gasteiger partial charge in [0, 0.05) is 36.3 Å². The van der Waals surface area contributed by atoms with Gasteiger partial charge in [0.2, 0.25) is 0 Å². The maximum atomic E-state index is 13.1. The normalized spacial score (nSPS) is 23.1. The molecule has 0 radical (unpaired) electrons. The number of nitrogens with zero attached hydrogens (tertiary/aromatic N) is 4. The van der Waals surface area contributed by atoms with E-state index in [1.807, 2.05) is 43.3 Å². The van der Waals surface area contributed by atoms with Crippen molar-refractivity contribution >= 4 is 5.91 Å². The lowest BCUT2D eigenvalue weighted by atomic mass is 10.1. The highest BCUT2D eigenvalue weighted by atomic mass is 16.2. The molecule has 0 aliphatic carbocycles. The van der Waals surface area contributed by atoms with Crippen LogP contribution < -0.4 is 0 Å². The van der Waals surface area contributed by atoms with Crippen molar-refractivity contribution in [2.75, 3.05) is 19.6 Å². The van der Waals surface area contributed by atoms with Crippen molar-refractivity contribution in [2.24, 2.45) is 0 Å². The van der Waals surface area contributed by atoms with E-state index in [9.17, 15) is 4.79 Å². The van der Waals surface area contributed by atoms with Crippen LogP contribution in [0.25, 0.3) is 11.3 Å². The molecule has 2 atom stereocenters. The number of carbonyl (C=O) groups excluding carboxylic acids is 1. The molecule has 3 heterocycles. The SMILES string of the molecule is Cc1ccc(-c2ccc(C(=O)N3CCCC3CN3CCC[C@@H]3C)cc2)nn1. The van der Waals surface area contributed by atoms with E-state index in [1.165, 1.54) is 19.4 Å². The average Bonchev–Trinajstić information content (AvgIpc) is 3.32. The molecule has 5 nitrogen and oxygen atoms in total. The van der Waals surface area contributed by atoms with Gasteiger partial charge in [0.15, 0.2) is 0 Å². The van der Waals surface area contributed by atoms with Crippen molar-refractivity contribution in [1.29, 1.82) is 0 Å². The third-order valence-corrected chi connectivity index (χ3v) is 6.00. The van der Waals surface area contributed by atoms with Crippen LogP contribution in [0.1, 0.15) is 48.7 Å². The van der Waals surface area contributed by atoms with E-state index in [0.717, 1.165) is 48.4 Å². The van der Waals surface area contributed by atoms with Gasteiger partial charge in [-0.1, -0.05) is 12.1 Å². The molecule has 0 bridgehead atoms. The minimum Gasteiger partial charge on any atom is -0.334 e. The minimum absolute atomic E-state index is 0.158. The van der Waals surface area contributed by atoms with Gasteiger partial charge in [-0.05, 0) is 70.3 Å². The summed E-state index contributed by atoms with van der Waals surface area (Å²) in [6.07, 6.45) is 4.79. The predicted molar refractivity (Wildman–Crippen MR) is 107 cm³/mol. The molecule has 5 heteroatoms. The Morgan fingerprint density at radius 1 is 1.04 bits per heavy atom. The van der Waals surface area contributed by atoms with Crippen LogP contribution in [-0.2, 0) is 0 Å². The lowest BCUT2D eigenvalue weighted by Crippen LogP contribution is -2.44. The van der Waals surface area contributed by atoms with Gasteiger partial charge in [-0.3, -0.25) is 9.69 Å². The second-order valence-corrected chi connectivity index (χ2v) is 7.92. The lowest BCUT2D eigenvalue weighted by molar-refractivity contribution is 0.0697. The first-order chi connectivity index (χ1) is 13.1. The summed E-state index contributed by atoms with van der Waals surface area (Å²) < 4.78 is 0. The molecule has 2 aliphatic heterocycles. The smallest absolute Gasteiger partial charge is 0.254 e. The topological polar surface area (TPSA) is 49.3 Å². The Balaban J connectivity index is 1.46. The van der Waals surface area contributed by atoms with Crippen LogP contribution in [0.3, 0.4) is 0 Å². The highest BCUT2D eigenvalue weighted by Gasteiger charge is 2.32. The van der Waals surface area contributed by atoms with Crippen LogP contribution in [0.15, 0.2) is 36.4 Å². The second-order valence-electron chi connectivity index (χ2n) is 7.92. The number of hydrogen-bond donors (Lipinski definition) is 0. The summed E-state index contributed by atoms with van der Waals surface area (Å²) in [6.45, 7) is 7.29. The number of aryl methyl sites for hydroxylation is 1. The quantitative estimate of drug-likeness (QED) is 0.833. The van der Waals surface area contributed by atoms with E-state index >= 15 is 0 Å². The van der Waals surface area contributed by atoms with Crippen LogP contribution in [0, 0.1) is 6.92 Å². The first-order valence-corrected chi connectivity index (χ1v) is 10.1. The van der Waals surface area contributed by atoms with E-state index in [1.54, 1.807) is 0 Å². The standard InChI is InChI=1S/C22H28N4O/c1-16-7-12-21(24-23-16)18-8-10-19(11-9-18)22(27)26-14-4-6-20(26)15-25-13-3-5-17(25)2/h7-12,17,20H,3-6,13-15H2,1-2H3/t17-,20?/m0/s1. The first kappa shape index (κ1) is 18.1. The van der Waals surface area contributed by atoms with Crippen molar-refractivity contribution in [2.45, 2.75) is 51.6 Å². The molecule has 0 saturated carbocycles. The number of amides is 1. The molecule has 142 valence electrons. The molecule has 1 aromatic heterocycles. The number of rotatable bonds is 4. The summed E-state index contributed by atoms with van der Waals surface area (Å²) in [5.74, 6) is 0.158. The molecule has 1 unspecified atom stereocenters. The molecule has 4 rings (SSSR count). The Morgan fingerprint density at radius 3 is 2.48 bits per heavy atom. The fourth-order valence-electron chi connectivity index (χ4n) is 4.33. The van der Waals surface area contributed by atoms with Gasteiger partial charge >= 0.3 is 0 Å². The molecular formula is C22H28N4O. The molecule has 27 heavy (non-hydrogen) atoms. The fourth-order valence-corrected chi connectivity index (χ4v) is 4.33. The molecule has 2 fully saturated rings. The zero-order valence-electron chi connectivity index (χ0n) is 16.3. The maximum Gasteiger partial charge on any atom is 0.254 e. The summed E-state index contributed by atoms with van der Waals surface area (Å²) in [4.78, 5) is 17.7.